The Labute approximate surface area is 197 Å². The van der Waals surface area contributed by atoms with E-state index in [-0.39, 0.29) is 41.6 Å². The molecule has 0 heterocycles. The first-order valence-electron chi connectivity index (χ1n) is 11.7. The van der Waals surface area contributed by atoms with Gasteiger partial charge in [-0.2, -0.15) is 0 Å². The third kappa shape index (κ3) is 8.18. The first-order valence-corrected chi connectivity index (χ1v) is 14.6. The molecule has 5 heteroatoms. The number of aliphatic hydroxyl groups excluding tert-OH is 1. The van der Waals surface area contributed by atoms with Gasteiger partial charge < -0.3 is 19.0 Å². The molecule has 182 valence electrons. The Kier molecular flexibility index (Phi) is 11.4. The van der Waals surface area contributed by atoms with Crippen molar-refractivity contribution in [2.75, 3.05) is 13.7 Å². The highest BCUT2D eigenvalue weighted by atomic mass is 28.4. The van der Waals surface area contributed by atoms with Crippen LogP contribution >= 0.6 is 0 Å². The number of allylic oxidation sites excluding steroid dienone is 2. The lowest BCUT2D eigenvalue weighted by molar-refractivity contribution is -0.0694. The molecule has 1 N–H and O–H groups in total. The lowest BCUT2D eigenvalue weighted by Gasteiger charge is -2.44. The molecule has 1 aromatic rings. The molecule has 0 aliphatic carbocycles. The number of ether oxygens (including phenoxy) is 2. The van der Waals surface area contributed by atoms with Gasteiger partial charge in [-0.3, -0.25) is 0 Å². The molecule has 1 rings (SSSR count). The second-order valence-corrected chi connectivity index (χ2v) is 15.2. The van der Waals surface area contributed by atoms with E-state index in [9.17, 15) is 5.11 Å². The van der Waals surface area contributed by atoms with Gasteiger partial charge in [0.15, 0.2) is 8.32 Å². The summed E-state index contributed by atoms with van der Waals surface area (Å²) in [7, 11) is -0.360. The molecule has 0 bridgehead atoms. The number of benzene rings is 1. The van der Waals surface area contributed by atoms with E-state index in [2.05, 4.69) is 67.3 Å². The summed E-state index contributed by atoms with van der Waals surface area (Å²) in [5.74, 6) is 1.11. The maximum Gasteiger partial charge on any atom is 0.192 e. The summed E-state index contributed by atoms with van der Waals surface area (Å²) in [4.78, 5) is 0. The van der Waals surface area contributed by atoms with Crippen molar-refractivity contribution in [2.24, 2.45) is 17.8 Å². The lowest BCUT2D eigenvalue weighted by atomic mass is 9.84. The minimum Gasteiger partial charge on any atom is -0.497 e. The minimum absolute atomic E-state index is 0.0156. The zero-order chi connectivity index (χ0) is 24.5. The van der Waals surface area contributed by atoms with Crippen LogP contribution in [0.15, 0.2) is 49.1 Å². The van der Waals surface area contributed by atoms with Gasteiger partial charge in [-0.25, -0.2) is 0 Å². The monoisotopic (exact) mass is 462 g/mol. The average Bonchev–Trinajstić information content (AvgIpc) is 2.75. The molecule has 0 spiro atoms. The molecule has 5 atom stereocenters. The van der Waals surface area contributed by atoms with E-state index < -0.39 is 8.32 Å². The van der Waals surface area contributed by atoms with Gasteiger partial charge in [-0.05, 0) is 35.8 Å². The molecule has 0 saturated heterocycles. The van der Waals surface area contributed by atoms with Crippen LogP contribution in [0.5, 0.6) is 5.75 Å². The van der Waals surface area contributed by atoms with Gasteiger partial charge in [-0.1, -0.05) is 78.5 Å². The number of rotatable bonds is 13. The summed E-state index contributed by atoms with van der Waals surface area (Å²) in [5.41, 5.74) is 1.10. The fourth-order valence-corrected chi connectivity index (χ4v) is 5.09. The molecule has 0 aromatic heterocycles. The Morgan fingerprint density at radius 3 is 2.12 bits per heavy atom. The molecule has 0 aliphatic heterocycles. The molecule has 32 heavy (non-hydrogen) atoms. The summed E-state index contributed by atoms with van der Waals surface area (Å²) in [6.45, 7) is 22.1. The predicted molar refractivity (Wildman–Crippen MR) is 138 cm³/mol. The van der Waals surface area contributed by atoms with E-state index in [4.69, 9.17) is 13.9 Å². The Bertz CT molecular complexity index is 705. The zero-order valence-electron chi connectivity index (χ0n) is 21.7. The third-order valence-electron chi connectivity index (χ3n) is 6.79. The van der Waals surface area contributed by atoms with E-state index in [0.717, 1.165) is 11.3 Å². The zero-order valence-corrected chi connectivity index (χ0v) is 22.7. The van der Waals surface area contributed by atoms with Crippen molar-refractivity contribution in [3.05, 3.63) is 54.6 Å². The molecule has 0 saturated carbocycles. The van der Waals surface area contributed by atoms with Crippen molar-refractivity contribution < 1.29 is 19.0 Å². The van der Waals surface area contributed by atoms with Crippen molar-refractivity contribution >= 4 is 8.32 Å². The first kappa shape index (κ1) is 28.6. The summed E-state index contributed by atoms with van der Waals surface area (Å²) in [6.07, 6.45) is 5.73. The fourth-order valence-electron chi connectivity index (χ4n) is 3.61. The quantitative estimate of drug-likeness (QED) is 0.264. The molecular weight excluding hydrogens is 416 g/mol. The molecule has 0 amide bonds. The molecule has 0 aliphatic rings. The van der Waals surface area contributed by atoms with Crippen molar-refractivity contribution in [3.8, 4) is 5.75 Å². The summed E-state index contributed by atoms with van der Waals surface area (Å²) >= 11 is 0. The molecule has 0 fully saturated rings. The van der Waals surface area contributed by atoms with Crippen LogP contribution in [0.25, 0.3) is 0 Å². The van der Waals surface area contributed by atoms with E-state index >= 15 is 0 Å². The number of aliphatic hydroxyl groups is 1. The van der Waals surface area contributed by atoms with Crippen LogP contribution < -0.4 is 4.74 Å². The number of hydrogen-bond donors (Lipinski definition) is 1. The minimum atomic E-state index is -2.03. The molecule has 0 radical (unpaired) electrons. The Morgan fingerprint density at radius 2 is 1.66 bits per heavy atom. The van der Waals surface area contributed by atoms with Crippen LogP contribution in [0, 0.1) is 17.8 Å². The number of hydrogen-bond acceptors (Lipinski definition) is 4. The summed E-state index contributed by atoms with van der Waals surface area (Å²) < 4.78 is 18.7. The van der Waals surface area contributed by atoms with Gasteiger partial charge in [0.05, 0.1) is 25.9 Å². The Morgan fingerprint density at radius 1 is 1.06 bits per heavy atom. The normalized spacial score (nSPS) is 17.6. The van der Waals surface area contributed by atoms with Crippen molar-refractivity contribution in [1.29, 1.82) is 0 Å². The smallest absolute Gasteiger partial charge is 0.192 e. The summed E-state index contributed by atoms with van der Waals surface area (Å²) in [6, 6.07) is 7.97. The van der Waals surface area contributed by atoms with Gasteiger partial charge in [0.1, 0.15) is 5.75 Å². The maximum atomic E-state index is 10.0. The van der Waals surface area contributed by atoms with Gasteiger partial charge in [0.2, 0.25) is 0 Å². The topological polar surface area (TPSA) is 47.9 Å². The molecule has 4 nitrogen and oxygen atoms in total. The SMILES string of the molecule is C=C/C=C\C(C)C(OCc1ccc(OC)cc1)C(C)C(O[Si](C)(C)C(C)(C)C)C(C)CO. The number of methoxy groups -OCH3 is 1. The van der Waals surface area contributed by atoms with Crippen LogP contribution in [0.4, 0.5) is 0 Å². The predicted octanol–water partition coefficient (Wildman–Crippen LogP) is 6.61. The lowest BCUT2D eigenvalue weighted by Crippen LogP contribution is -2.50. The second-order valence-electron chi connectivity index (χ2n) is 10.5. The van der Waals surface area contributed by atoms with Gasteiger partial charge in [0, 0.05) is 24.4 Å². The fraction of sp³-hybridized carbons (Fsp3) is 0.630. The van der Waals surface area contributed by atoms with Crippen molar-refractivity contribution in [1.82, 2.24) is 0 Å². The third-order valence-corrected chi connectivity index (χ3v) is 11.3. The Hall–Kier alpha value is -1.40. The van der Waals surface area contributed by atoms with Crippen LogP contribution in [0.3, 0.4) is 0 Å². The molecule has 5 unspecified atom stereocenters. The highest BCUT2D eigenvalue weighted by Crippen LogP contribution is 2.40. The summed E-state index contributed by atoms with van der Waals surface area (Å²) in [5, 5.41) is 10.1. The van der Waals surface area contributed by atoms with Crippen LogP contribution in [-0.2, 0) is 15.8 Å². The molecule has 1 aromatic carbocycles. The first-order chi connectivity index (χ1) is 14.9. The van der Waals surface area contributed by atoms with Gasteiger partial charge in [-0.15, -0.1) is 0 Å². The highest BCUT2D eigenvalue weighted by molar-refractivity contribution is 6.74. The van der Waals surface area contributed by atoms with Crippen LogP contribution in [-0.4, -0.2) is 39.3 Å². The maximum absolute atomic E-state index is 10.0. The van der Waals surface area contributed by atoms with E-state index in [1.807, 2.05) is 30.3 Å². The van der Waals surface area contributed by atoms with Crippen molar-refractivity contribution in [3.63, 3.8) is 0 Å². The van der Waals surface area contributed by atoms with Crippen LogP contribution in [0.2, 0.25) is 18.1 Å². The van der Waals surface area contributed by atoms with Gasteiger partial charge >= 0.3 is 0 Å². The highest BCUT2D eigenvalue weighted by Gasteiger charge is 2.43. The average molecular weight is 463 g/mol. The van der Waals surface area contributed by atoms with E-state index in [1.54, 1.807) is 13.2 Å². The Balaban J connectivity index is 3.18. The second kappa shape index (κ2) is 12.7. The van der Waals surface area contributed by atoms with E-state index in [0.29, 0.717) is 6.61 Å². The standard InChI is InChI=1S/C27H46O4Si/c1-11-12-13-20(2)25(30-19-23-14-16-24(29-8)17-15-23)22(4)26(21(3)18-28)31-32(9,10)27(5,6)7/h11-17,20-22,25-26,28H,1,18-19H2,2-10H3/b13-12-. The van der Waals surface area contributed by atoms with Crippen LogP contribution in [0.1, 0.15) is 47.1 Å². The largest absolute Gasteiger partial charge is 0.497 e. The molecular formula is C27H46O4Si. The van der Waals surface area contributed by atoms with E-state index in [1.165, 1.54) is 0 Å². The van der Waals surface area contributed by atoms with Gasteiger partial charge in [0.25, 0.3) is 0 Å². The van der Waals surface area contributed by atoms with Crippen molar-refractivity contribution in [2.45, 2.75) is 78.5 Å².